The van der Waals surface area contributed by atoms with E-state index >= 15 is 0 Å². The van der Waals surface area contributed by atoms with Crippen LogP contribution in [0.4, 0.5) is 0 Å². The SMILES string of the molecule is C=C(S/C(=C\C)C(C)C)c1ccccc1. The van der Waals surface area contributed by atoms with Crippen LogP contribution in [0.5, 0.6) is 0 Å². The van der Waals surface area contributed by atoms with Gasteiger partial charge >= 0.3 is 0 Å². The molecule has 0 bridgehead atoms. The molecule has 0 aliphatic heterocycles. The Hall–Kier alpha value is -0.950. The molecule has 0 fully saturated rings. The average molecular weight is 218 g/mol. The van der Waals surface area contributed by atoms with Gasteiger partial charge < -0.3 is 0 Å². The van der Waals surface area contributed by atoms with E-state index in [1.54, 1.807) is 11.8 Å². The Morgan fingerprint density at radius 1 is 1.27 bits per heavy atom. The fourth-order valence-corrected chi connectivity index (χ4v) is 2.23. The molecule has 0 saturated heterocycles. The molecule has 15 heavy (non-hydrogen) atoms. The molecule has 0 spiro atoms. The van der Waals surface area contributed by atoms with E-state index in [0.717, 1.165) is 4.91 Å². The Morgan fingerprint density at radius 3 is 2.33 bits per heavy atom. The summed E-state index contributed by atoms with van der Waals surface area (Å²) in [6, 6.07) is 10.3. The summed E-state index contributed by atoms with van der Waals surface area (Å²) in [4.78, 5) is 2.50. The van der Waals surface area contributed by atoms with Gasteiger partial charge in [0.15, 0.2) is 0 Å². The van der Waals surface area contributed by atoms with E-state index in [1.807, 2.05) is 18.2 Å². The molecule has 0 aromatic heterocycles. The first-order valence-electron chi connectivity index (χ1n) is 5.23. The molecule has 0 aliphatic carbocycles. The van der Waals surface area contributed by atoms with Crippen molar-refractivity contribution in [3.05, 3.63) is 53.5 Å². The van der Waals surface area contributed by atoms with Gasteiger partial charge in [0, 0.05) is 4.91 Å². The van der Waals surface area contributed by atoms with Gasteiger partial charge in [0.05, 0.1) is 0 Å². The van der Waals surface area contributed by atoms with Gasteiger partial charge in [-0.2, -0.15) is 0 Å². The Labute approximate surface area is 97.1 Å². The second-order valence-corrected chi connectivity index (χ2v) is 4.91. The summed E-state index contributed by atoms with van der Waals surface area (Å²) in [6.45, 7) is 10.6. The highest BCUT2D eigenvalue weighted by molar-refractivity contribution is 8.11. The smallest absolute Gasteiger partial charge is 0.0119 e. The van der Waals surface area contributed by atoms with Crippen LogP contribution in [0, 0.1) is 5.92 Å². The summed E-state index contributed by atoms with van der Waals surface area (Å²) in [5.41, 5.74) is 1.21. The lowest BCUT2D eigenvalue weighted by molar-refractivity contribution is 0.816. The molecule has 1 aromatic carbocycles. The first-order valence-corrected chi connectivity index (χ1v) is 6.05. The lowest BCUT2D eigenvalue weighted by Crippen LogP contribution is -1.89. The monoisotopic (exact) mass is 218 g/mol. The van der Waals surface area contributed by atoms with E-state index in [-0.39, 0.29) is 0 Å². The zero-order valence-electron chi connectivity index (χ0n) is 9.66. The zero-order valence-corrected chi connectivity index (χ0v) is 10.5. The molecule has 0 N–H and O–H groups in total. The number of allylic oxidation sites excluding steroid dienone is 2. The van der Waals surface area contributed by atoms with E-state index in [9.17, 15) is 0 Å². The zero-order chi connectivity index (χ0) is 11.3. The van der Waals surface area contributed by atoms with E-state index in [1.165, 1.54) is 10.5 Å². The summed E-state index contributed by atoms with van der Waals surface area (Å²) >= 11 is 1.77. The van der Waals surface area contributed by atoms with Gasteiger partial charge in [-0.1, -0.05) is 68.6 Å². The van der Waals surface area contributed by atoms with Crippen LogP contribution in [0.15, 0.2) is 47.9 Å². The predicted molar refractivity (Wildman–Crippen MR) is 71.7 cm³/mol. The van der Waals surface area contributed by atoms with Crippen molar-refractivity contribution in [1.29, 1.82) is 0 Å². The van der Waals surface area contributed by atoms with Crippen LogP contribution in [0.25, 0.3) is 4.91 Å². The summed E-state index contributed by atoms with van der Waals surface area (Å²) in [5.74, 6) is 0.570. The van der Waals surface area contributed by atoms with Crippen molar-refractivity contribution in [1.82, 2.24) is 0 Å². The summed E-state index contributed by atoms with van der Waals surface area (Å²) < 4.78 is 0. The van der Waals surface area contributed by atoms with Gasteiger partial charge in [0.2, 0.25) is 0 Å². The number of rotatable bonds is 4. The third-order valence-corrected chi connectivity index (χ3v) is 3.62. The van der Waals surface area contributed by atoms with Crippen LogP contribution in [0.3, 0.4) is 0 Å². The molecule has 0 atom stereocenters. The quantitative estimate of drug-likeness (QED) is 0.689. The fourth-order valence-electron chi connectivity index (χ4n) is 1.34. The molecule has 0 saturated carbocycles. The Balaban J connectivity index is 2.72. The fraction of sp³-hybridized carbons (Fsp3) is 0.286. The first-order chi connectivity index (χ1) is 7.15. The number of hydrogen-bond acceptors (Lipinski definition) is 1. The van der Waals surface area contributed by atoms with E-state index in [0.29, 0.717) is 5.92 Å². The lowest BCUT2D eigenvalue weighted by Gasteiger charge is -2.12. The van der Waals surface area contributed by atoms with Crippen LogP contribution in [-0.4, -0.2) is 0 Å². The van der Waals surface area contributed by atoms with E-state index < -0.39 is 0 Å². The van der Waals surface area contributed by atoms with Gasteiger partial charge in [0.1, 0.15) is 0 Å². The van der Waals surface area contributed by atoms with Crippen molar-refractivity contribution in [2.75, 3.05) is 0 Å². The molecule has 0 unspecified atom stereocenters. The summed E-state index contributed by atoms with van der Waals surface area (Å²) in [7, 11) is 0. The van der Waals surface area contributed by atoms with E-state index in [4.69, 9.17) is 0 Å². The highest BCUT2D eigenvalue weighted by Crippen LogP contribution is 2.35. The van der Waals surface area contributed by atoms with Crippen LogP contribution >= 0.6 is 11.8 Å². The number of hydrogen-bond donors (Lipinski definition) is 0. The number of benzene rings is 1. The number of thioether (sulfide) groups is 1. The van der Waals surface area contributed by atoms with Gasteiger partial charge in [-0.25, -0.2) is 0 Å². The van der Waals surface area contributed by atoms with E-state index in [2.05, 4.69) is 45.6 Å². The molecule has 1 aromatic rings. The molecule has 0 aliphatic rings. The third-order valence-electron chi connectivity index (χ3n) is 2.19. The predicted octanol–water partition coefficient (Wildman–Crippen LogP) is 4.95. The van der Waals surface area contributed by atoms with Crippen LogP contribution in [0.2, 0.25) is 0 Å². The van der Waals surface area contributed by atoms with Gasteiger partial charge in [-0.05, 0) is 23.3 Å². The van der Waals surface area contributed by atoms with Crippen LogP contribution in [-0.2, 0) is 0 Å². The van der Waals surface area contributed by atoms with Crippen LogP contribution in [0.1, 0.15) is 26.3 Å². The molecule has 1 heteroatoms. The Bertz CT molecular complexity index is 347. The maximum absolute atomic E-state index is 4.12. The minimum atomic E-state index is 0.570. The minimum Gasteiger partial charge on any atom is -0.0946 e. The Kier molecular flexibility index (Phi) is 4.70. The normalized spacial score (nSPS) is 11.9. The van der Waals surface area contributed by atoms with Crippen molar-refractivity contribution in [2.45, 2.75) is 20.8 Å². The van der Waals surface area contributed by atoms with Crippen molar-refractivity contribution in [2.24, 2.45) is 5.92 Å². The molecule has 0 amide bonds. The largest absolute Gasteiger partial charge is 0.0946 e. The first kappa shape index (κ1) is 12.1. The van der Waals surface area contributed by atoms with Crippen molar-refractivity contribution < 1.29 is 0 Å². The van der Waals surface area contributed by atoms with Gasteiger partial charge in [0.25, 0.3) is 0 Å². The maximum Gasteiger partial charge on any atom is 0.0119 e. The summed E-state index contributed by atoms with van der Waals surface area (Å²) in [6.07, 6.45) is 2.17. The molecule has 80 valence electrons. The topological polar surface area (TPSA) is 0 Å². The van der Waals surface area contributed by atoms with Crippen molar-refractivity contribution >= 4 is 16.7 Å². The second-order valence-electron chi connectivity index (χ2n) is 3.74. The lowest BCUT2D eigenvalue weighted by atomic mass is 10.2. The molecule has 0 nitrogen and oxygen atoms in total. The third kappa shape index (κ3) is 3.60. The molecule has 0 heterocycles. The molecule has 0 radical (unpaired) electrons. The highest BCUT2D eigenvalue weighted by Gasteiger charge is 2.06. The average Bonchev–Trinajstić information content (AvgIpc) is 2.26. The standard InChI is InChI=1S/C14H18S/c1-5-14(11(2)3)15-12(4)13-9-7-6-8-10-13/h5-11H,4H2,1-3H3/b14-5-. The minimum absolute atomic E-state index is 0.570. The molecular formula is C14H18S. The second kappa shape index (κ2) is 5.82. The Morgan fingerprint density at radius 2 is 1.87 bits per heavy atom. The van der Waals surface area contributed by atoms with Gasteiger partial charge in [-0.3, -0.25) is 0 Å². The van der Waals surface area contributed by atoms with Crippen molar-refractivity contribution in [3.63, 3.8) is 0 Å². The van der Waals surface area contributed by atoms with Gasteiger partial charge in [-0.15, -0.1) is 0 Å². The molecule has 1 rings (SSSR count). The summed E-state index contributed by atoms with van der Waals surface area (Å²) in [5, 5.41) is 0. The highest BCUT2D eigenvalue weighted by atomic mass is 32.2. The van der Waals surface area contributed by atoms with Crippen LogP contribution < -0.4 is 0 Å². The van der Waals surface area contributed by atoms with Crippen molar-refractivity contribution in [3.8, 4) is 0 Å². The molecular weight excluding hydrogens is 200 g/mol. The maximum atomic E-state index is 4.12.